The minimum Gasteiger partial charge on any atom is -0.478 e. The third-order valence-corrected chi connectivity index (χ3v) is 3.39. The second-order valence-corrected chi connectivity index (χ2v) is 5.22. The second kappa shape index (κ2) is 6.40. The van der Waals surface area contributed by atoms with Gasteiger partial charge in [0.05, 0.1) is 16.8 Å². The Morgan fingerprint density at radius 2 is 1.55 bits per heavy atom. The Morgan fingerprint density at radius 3 is 2.09 bits per heavy atom. The van der Waals surface area contributed by atoms with Gasteiger partial charge in [0.2, 0.25) is 0 Å². The molecular formula is C15H10BrNO5. The number of carboxylic acids is 2. The molecule has 0 aliphatic rings. The molecule has 0 aromatic heterocycles. The summed E-state index contributed by atoms with van der Waals surface area (Å²) in [5.41, 5.74) is -0.595. The molecule has 0 atom stereocenters. The van der Waals surface area contributed by atoms with Crippen LogP contribution in [0, 0.1) is 0 Å². The van der Waals surface area contributed by atoms with Gasteiger partial charge in [-0.15, -0.1) is 0 Å². The van der Waals surface area contributed by atoms with Gasteiger partial charge in [-0.05, 0) is 36.4 Å². The van der Waals surface area contributed by atoms with Crippen molar-refractivity contribution in [2.24, 2.45) is 0 Å². The fourth-order valence-electron chi connectivity index (χ4n) is 1.86. The molecule has 2 aromatic rings. The van der Waals surface area contributed by atoms with E-state index in [0.29, 0.717) is 5.56 Å². The highest BCUT2D eigenvalue weighted by Crippen LogP contribution is 2.21. The van der Waals surface area contributed by atoms with Crippen molar-refractivity contribution < 1.29 is 24.6 Å². The molecule has 2 rings (SSSR count). The zero-order valence-corrected chi connectivity index (χ0v) is 12.6. The van der Waals surface area contributed by atoms with E-state index in [9.17, 15) is 19.5 Å². The maximum Gasteiger partial charge on any atom is 0.338 e. The van der Waals surface area contributed by atoms with Gasteiger partial charge in [0.1, 0.15) is 0 Å². The van der Waals surface area contributed by atoms with Crippen LogP contribution in [-0.2, 0) is 0 Å². The number of carbonyl (C=O) groups is 3. The van der Waals surface area contributed by atoms with E-state index in [1.54, 1.807) is 24.3 Å². The topological polar surface area (TPSA) is 104 Å². The predicted molar refractivity (Wildman–Crippen MR) is 82.5 cm³/mol. The number of carboxylic acid groups (broad SMARTS) is 2. The van der Waals surface area contributed by atoms with E-state index in [-0.39, 0.29) is 11.3 Å². The van der Waals surface area contributed by atoms with Crippen LogP contribution < -0.4 is 5.32 Å². The molecular weight excluding hydrogens is 354 g/mol. The Bertz CT molecular complexity index is 755. The van der Waals surface area contributed by atoms with Gasteiger partial charge in [-0.25, -0.2) is 9.59 Å². The van der Waals surface area contributed by atoms with Crippen LogP contribution in [0.25, 0.3) is 0 Å². The highest BCUT2D eigenvalue weighted by molar-refractivity contribution is 9.10. The van der Waals surface area contributed by atoms with Crippen molar-refractivity contribution in [1.29, 1.82) is 0 Å². The molecule has 22 heavy (non-hydrogen) atoms. The molecule has 3 N–H and O–H groups in total. The van der Waals surface area contributed by atoms with Gasteiger partial charge in [-0.2, -0.15) is 0 Å². The molecule has 0 unspecified atom stereocenters. The maximum absolute atomic E-state index is 12.1. The van der Waals surface area contributed by atoms with Crippen LogP contribution in [0.3, 0.4) is 0 Å². The molecule has 0 radical (unpaired) electrons. The molecule has 0 spiro atoms. The Hall–Kier alpha value is -2.67. The van der Waals surface area contributed by atoms with Gasteiger partial charge in [0, 0.05) is 10.0 Å². The molecule has 0 aliphatic carbocycles. The lowest BCUT2D eigenvalue weighted by Gasteiger charge is -2.10. The number of carbonyl (C=O) groups excluding carboxylic acids is 1. The molecule has 0 bridgehead atoms. The average Bonchev–Trinajstić information content (AvgIpc) is 2.47. The number of rotatable bonds is 4. The number of hydrogen-bond acceptors (Lipinski definition) is 3. The molecule has 0 saturated carbocycles. The highest BCUT2D eigenvalue weighted by Gasteiger charge is 2.21. The van der Waals surface area contributed by atoms with Crippen LogP contribution in [0.1, 0.15) is 31.1 Å². The summed E-state index contributed by atoms with van der Waals surface area (Å²) >= 11 is 3.24. The average molecular weight is 364 g/mol. The van der Waals surface area contributed by atoms with E-state index in [1.165, 1.54) is 18.2 Å². The van der Waals surface area contributed by atoms with E-state index >= 15 is 0 Å². The van der Waals surface area contributed by atoms with Crippen molar-refractivity contribution in [1.82, 2.24) is 0 Å². The Balaban J connectivity index is 2.39. The number of benzene rings is 2. The summed E-state index contributed by atoms with van der Waals surface area (Å²) in [6.45, 7) is 0. The van der Waals surface area contributed by atoms with Gasteiger partial charge in [0.15, 0.2) is 0 Å². The fourth-order valence-corrected chi connectivity index (χ4v) is 2.13. The predicted octanol–water partition coefficient (Wildman–Crippen LogP) is 3.10. The summed E-state index contributed by atoms with van der Waals surface area (Å²) in [5, 5.41) is 20.7. The van der Waals surface area contributed by atoms with E-state index in [1.807, 2.05) is 0 Å². The first kappa shape index (κ1) is 15.7. The SMILES string of the molecule is O=C(Nc1cccc(C(=O)O)c1C(=O)O)c1ccc(Br)cc1. The molecule has 6 nitrogen and oxygen atoms in total. The summed E-state index contributed by atoms with van der Waals surface area (Å²) < 4.78 is 0.795. The first-order chi connectivity index (χ1) is 10.4. The summed E-state index contributed by atoms with van der Waals surface area (Å²) in [4.78, 5) is 34.5. The van der Waals surface area contributed by atoms with Gasteiger partial charge < -0.3 is 15.5 Å². The Kier molecular flexibility index (Phi) is 4.57. The molecule has 1 amide bonds. The third kappa shape index (κ3) is 3.32. The van der Waals surface area contributed by atoms with Crippen LogP contribution in [0.2, 0.25) is 0 Å². The summed E-state index contributed by atoms with van der Waals surface area (Å²) in [6, 6.07) is 10.3. The Morgan fingerprint density at radius 1 is 0.909 bits per heavy atom. The number of halogens is 1. The van der Waals surface area contributed by atoms with Crippen molar-refractivity contribution in [3.63, 3.8) is 0 Å². The first-order valence-electron chi connectivity index (χ1n) is 6.06. The molecule has 7 heteroatoms. The number of aromatic carboxylic acids is 2. The second-order valence-electron chi connectivity index (χ2n) is 4.30. The monoisotopic (exact) mass is 363 g/mol. The minimum absolute atomic E-state index is 0.0691. The zero-order chi connectivity index (χ0) is 16.3. The zero-order valence-electron chi connectivity index (χ0n) is 11.0. The highest BCUT2D eigenvalue weighted by atomic mass is 79.9. The lowest BCUT2D eigenvalue weighted by atomic mass is 10.0. The van der Waals surface area contributed by atoms with E-state index < -0.39 is 23.4 Å². The van der Waals surface area contributed by atoms with Crippen molar-refractivity contribution in [3.05, 3.63) is 63.6 Å². The van der Waals surface area contributed by atoms with Gasteiger partial charge in [-0.1, -0.05) is 22.0 Å². The van der Waals surface area contributed by atoms with E-state index in [4.69, 9.17) is 5.11 Å². The van der Waals surface area contributed by atoms with Crippen molar-refractivity contribution >= 4 is 39.5 Å². The van der Waals surface area contributed by atoms with Crippen LogP contribution in [0.15, 0.2) is 46.9 Å². The van der Waals surface area contributed by atoms with Gasteiger partial charge >= 0.3 is 11.9 Å². The normalized spacial score (nSPS) is 10.0. The number of amides is 1. The largest absolute Gasteiger partial charge is 0.478 e. The number of hydrogen-bond donors (Lipinski definition) is 3. The molecule has 0 saturated heterocycles. The molecule has 2 aromatic carbocycles. The fraction of sp³-hybridized carbons (Fsp3) is 0. The summed E-state index contributed by atoms with van der Waals surface area (Å²) in [7, 11) is 0. The summed E-state index contributed by atoms with van der Waals surface area (Å²) in [5.74, 6) is -3.33. The molecule has 0 aliphatic heterocycles. The van der Waals surface area contributed by atoms with Crippen LogP contribution in [-0.4, -0.2) is 28.1 Å². The molecule has 112 valence electrons. The maximum atomic E-state index is 12.1. The van der Waals surface area contributed by atoms with E-state index in [2.05, 4.69) is 21.2 Å². The first-order valence-corrected chi connectivity index (χ1v) is 6.86. The standard InChI is InChI=1S/C15H10BrNO5/c16-9-6-4-8(5-7-9)13(18)17-11-3-1-2-10(14(19)20)12(11)15(21)22/h1-7H,(H,17,18)(H,19,20)(H,21,22). The quantitative estimate of drug-likeness (QED) is 0.774. The lowest BCUT2D eigenvalue weighted by Crippen LogP contribution is -2.17. The van der Waals surface area contributed by atoms with Gasteiger partial charge in [-0.3, -0.25) is 4.79 Å². The van der Waals surface area contributed by atoms with Crippen molar-refractivity contribution in [2.45, 2.75) is 0 Å². The van der Waals surface area contributed by atoms with Crippen LogP contribution in [0.5, 0.6) is 0 Å². The Labute approximate surface area is 133 Å². The van der Waals surface area contributed by atoms with Crippen LogP contribution >= 0.6 is 15.9 Å². The van der Waals surface area contributed by atoms with Crippen molar-refractivity contribution in [3.8, 4) is 0 Å². The minimum atomic E-state index is -1.43. The molecule has 0 heterocycles. The number of nitrogens with one attached hydrogen (secondary N) is 1. The van der Waals surface area contributed by atoms with Crippen LogP contribution in [0.4, 0.5) is 5.69 Å². The smallest absolute Gasteiger partial charge is 0.338 e. The van der Waals surface area contributed by atoms with Gasteiger partial charge in [0.25, 0.3) is 5.91 Å². The lowest BCUT2D eigenvalue weighted by molar-refractivity contribution is 0.0652. The van der Waals surface area contributed by atoms with Crippen molar-refractivity contribution in [2.75, 3.05) is 5.32 Å². The van der Waals surface area contributed by atoms with E-state index in [0.717, 1.165) is 4.47 Å². The number of anilines is 1. The molecule has 0 fully saturated rings. The third-order valence-electron chi connectivity index (χ3n) is 2.86. The summed E-state index contributed by atoms with van der Waals surface area (Å²) in [6.07, 6.45) is 0.